The summed E-state index contributed by atoms with van der Waals surface area (Å²) in [6, 6.07) is 15.7. The molecule has 24 heavy (non-hydrogen) atoms. The van der Waals surface area contributed by atoms with Crippen LogP contribution in [-0.4, -0.2) is 22.2 Å². The normalized spacial score (nSPS) is 22.2. The quantitative estimate of drug-likeness (QED) is 0.844. The summed E-state index contributed by atoms with van der Waals surface area (Å²) in [5, 5.41) is 18.7. The molecule has 2 aromatic carbocycles. The van der Waals surface area contributed by atoms with Crippen LogP contribution in [0, 0.1) is 0 Å². The largest absolute Gasteiger partial charge is 0.480 e. The Morgan fingerprint density at radius 3 is 1.92 bits per heavy atom. The molecule has 1 aliphatic rings. The van der Waals surface area contributed by atoms with Gasteiger partial charge in [0.25, 0.3) is 0 Å². The summed E-state index contributed by atoms with van der Waals surface area (Å²) in [4.78, 5) is 22.8. The van der Waals surface area contributed by atoms with Gasteiger partial charge in [-0.25, -0.2) is 4.79 Å². The maximum atomic E-state index is 11.9. The average Bonchev–Trinajstić information content (AvgIpc) is 2.62. The van der Waals surface area contributed by atoms with Crippen LogP contribution in [0.4, 0.5) is 0 Å². The molecule has 0 unspecified atom stereocenters. The summed E-state index contributed by atoms with van der Waals surface area (Å²) in [5.41, 5.74) is 0.676. The number of carbonyl (C=O) groups is 2. The van der Waals surface area contributed by atoms with Crippen LogP contribution in [0.2, 0.25) is 0 Å². The van der Waals surface area contributed by atoms with Crippen LogP contribution in [0.25, 0.3) is 0 Å². The fourth-order valence-corrected chi connectivity index (χ4v) is 2.87. The third kappa shape index (κ3) is 2.74. The minimum Gasteiger partial charge on any atom is -0.480 e. The van der Waals surface area contributed by atoms with Gasteiger partial charge in [-0.2, -0.15) is 0 Å². The van der Waals surface area contributed by atoms with Crippen LogP contribution in [0.1, 0.15) is 27.4 Å². The molecule has 4 nitrogen and oxygen atoms in total. The zero-order valence-corrected chi connectivity index (χ0v) is 12.8. The number of carboxylic acid groups (broad SMARTS) is 2. The van der Waals surface area contributed by atoms with Crippen LogP contribution in [0.3, 0.4) is 0 Å². The Hall–Kier alpha value is -3.14. The predicted octanol–water partition coefficient (Wildman–Crippen LogP) is 3.62. The van der Waals surface area contributed by atoms with Crippen LogP contribution in [-0.2, 0) is 10.2 Å². The van der Waals surface area contributed by atoms with E-state index in [2.05, 4.69) is 0 Å². The average molecular weight is 320 g/mol. The first-order valence-corrected chi connectivity index (χ1v) is 7.54. The lowest BCUT2D eigenvalue weighted by Gasteiger charge is -2.27. The second-order valence-corrected chi connectivity index (χ2v) is 5.71. The Bertz CT molecular complexity index is 802. The summed E-state index contributed by atoms with van der Waals surface area (Å²) in [7, 11) is 0. The molecule has 0 heterocycles. The van der Waals surface area contributed by atoms with Gasteiger partial charge in [0.15, 0.2) is 0 Å². The Labute approximate surface area is 139 Å². The Kier molecular flexibility index (Phi) is 4.04. The van der Waals surface area contributed by atoms with E-state index in [0.29, 0.717) is 5.56 Å². The number of carboxylic acids is 2. The van der Waals surface area contributed by atoms with Gasteiger partial charge in [-0.15, -0.1) is 0 Å². The van der Waals surface area contributed by atoms with Crippen LogP contribution < -0.4 is 0 Å². The molecule has 0 radical (unpaired) electrons. The number of hydrogen-bond acceptors (Lipinski definition) is 2. The van der Waals surface area contributed by atoms with E-state index in [9.17, 15) is 14.7 Å². The SMILES string of the molecule is O=C(O)c1ccc(C2C=CC(C(=O)O)(c3ccccc3)C=C2)cc1. The van der Waals surface area contributed by atoms with Crippen molar-refractivity contribution in [2.45, 2.75) is 11.3 Å². The molecule has 0 atom stereocenters. The van der Waals surface area contributed by atoms with E-state index in [-0.39, 0.29) is 11.5 Å². The number of allylic oxidation sites excluding steroid dienone is 2. The van der Waals surface area contributed by atoms with E-state index in [1.54, 1.807) is 48.6 Å². The molecule has 0 spiro atoms. The molecule has 0 fully saturated rings. The van der Waals surface area contributed by atoms with Gasteiger partial charge in [0.1, 0.15) is 5.41 Å². The molecule has 120 valence electrons. The lowest BCUT2D eigenvalue weighted by atomic mass is 9.75. The third-order valence-corrected chi connectivity index (χ3v) is 4.28. The van der Waals surface area contributed by atoms with Crippen molar-refractivity contribution in [3.8, 4) is 0 Å². The Morgan fingerprint density at radius 2 is 1.42 bits per heavy atom. The first-order valence-electron chi connectivity index (χ1n) is 7.54. The summed E-state index contributed by atoms with van der Waals surface area (Å²) < 4.78 is 0. The number of hydrogen-bond donors (Lipinski definition) is 2. The minimum atomic E-state index is -1.17. The molecule has 2 N–H and O–H groups in total. The fraction of sp³-hybridized carbons (Fsp3) is 0.100. The van der Waals surface area contributed by atoms with Crippen molar-refractivity contribution in [3.63, 3.8) is 0 Å². The van der Waals surface area contributed by atoms with Gasteiger partial charge in [-0.05, 0) is 23.3 Å². The third-order valence-electron chi connectivity index (χ3n) is 4.28. The lowest BCUT2D eigenvalue weighted by molar-refractivity contribution is -0.140. The highest BCUT2D eigenvalue weighted by Crippen LogP contribution is 2.35. The maximum absolute atomic E-state index is 11.9. The first-order chi connectivity index (χ1) is 11.5. The zero-order chi connectivity index (χ0) is 17.2. The van der Waals surface area contributed by atoms with Gasteiger partial charge in [0, 0.05) is 5.92 Å². The molecular formula is C20H16O4. The molecule has 0 aliphatic heterocycles. The second-order valence-electron chi connectivity index (χ2n) is 5.71. The molecule has 0 saturated carbocycles. The summed E-state index contributed by atoms with van der Waals surface area (Å²) >= 11 is 0. The predicted molar refractivity (Wildman–Crippen MR) is 90.2 cm³/mol. The van der Waals surface area contributed by atoms with E-state index in [0.717, 1.165) is 5.56 Å². The molecule has 0 bridgehead atoms. The summed E-state index contributed by atoms with van der Waals surface area (Å²) in [6.07, 6.45) is 7.08. The standard InChI is InChI=1S/C20H16O4/c21-18(22)16-8-6-14(7-9-16)15-10-12-20(13-11-15,19(23)24)17-4-2-1-3-5-17/h1-13,15H,(H,21,22)(H,23,24). The van der Waals surface area contributed by atoms with Crippen molar-refractivity contribution in [3.05, 3.63) is 95.6 Å². The monoisotopic (exact) mass is 320 g/mol. The molecular weight excluding hydrogens is 304 g/mol. The Morgan fingerprint density at radius 1 is 0.833 bits per heavy atom. The fourth-order valence-electron chi connectivity index (χ4n) is 2.87. The van der Waals surface area contributed by atoms with Gasteiger partial charge in [-0.1, -0.05) is 66.8 Å². The highest BCUT2D eigenvalue weighted by molar-refractivity contribution is 5.88. The smallest absolute Gasteiger partial charge is 0.335 e. The van der Waals surface area contributed by atoms with Gasteiger partial charge in [0.2, 0.25) is 0 Å². The van der Waals surface area contributed by atoms with Crippen LogP contribution in [0.15, 0.2) is 78.9 Å². The summed E-state index contributed by atoms with van der Waals surface area (Å²) in [5.74, 6) is -1.98. The van der Waals surface area contributed by atoms with Gasteiger partial charge in [0.05, 0.1) is 5.56 Å². The highest BCUT2D eigenvalue weighted by atomic mass is 16.4. The van der Waals surface area contributed by atoms with E-state index in [1.807, 2.05) is 30.4 Å². The van der Waals surface area contributed by atoms with Crippen molar-refractivity contribution in [2.24, 2.45) is 0 Å². The number of aliphatic carboxylic acids is 1. The van der Waals surface area contributed by atoms with E-state index in [1.165, 1.54) is 0 Å². The van der Waals surface area contributed by atoms with Crippen molar-refractivity contribution < 1.29 is 19.8 Å². The van der Waals surface area contributed by atoms with Crippen LogP contribution >= 0.6 is 0 Å². The van der Waals surface area contributed by atoms with Gasteiger partial charge in [-0.3, -0.25) is 4.79 Å². The number of aromatic carboxylic acids is 1. The minimum absolute atomic E-state index is 0.0796. The van der Waals surface area contributed by atoms with E-state index >= 15 is 0 Å². The molecule has 3 rings (SSSR count). The molecule has 2 aromatic rings. The van der Waals surface area contributed by atoms with Crippen LogP contribution in [0.5, 0.6) is 0 Å². The molecule has 0 saturated heterocycles. The first kappa shape index (κ1) is 15.7. The van der Waals surface area contributed by atoms with Gasteiger partial charge < -0.3 is 10.2 Å². The topological polar surface area (TPSA) is 74.6 Å². The number of rotatable bonds is 4. The van der Waals surface area contributed by atoms with Crippen molar-refractivity contribution >= 4 is 11.9 Å². The maximum Gasteiger partial charge on any atom is 0.335 e. The second kappa shape index (κ2) is 6.16. The van der Waals surface area contributed by atoms with E-state index in [4.69, 9.17) is 5.11 Å². The molecule has 0 aromatic heterocycles. The van der Waals surface area contributed by atoms with Crippen molar-refractivity contribution in [2.75, 3.05) is 0 Å². The number of benzene rings is 2. The molecule has 1 aliphatic carbocycles. The molecule has 4 heteroatoms. The zero-order valence-electron chi connectivity index (χ0n) is 12.8. The van der Waals surface area contributed by atoms with E-state index < -0.39 is 17.4 Å². The summed E-state index contributed by atoms with van der Waals surface area (Å²) in [6.45, 7) is 0. The van der Waals surface area contributed by atoms with Crippen molar-refractivity contribution in [1.29, 1.82) is 0 Å². The lowest BCUT2D eigenvalue weighted by Crippen LogP contribution is -2.33. The van der Waals surface area contributed by atoms with Crippen molar-refractivity contribution in [1.82, 2.24) is 0 Å². The Balaban J connectivity index is 1.91. The molecule has 0 amide bonds. The highest BCUT2D eigenvalue weighted by Gasteiger charge is 2.37. The van der Waals surface area contributed by atoms with Gasteiger partial charge >= 0.3 is 11.9 Å².